The van der Waals surface area contributed by atoms with Gasteiger partial charge in [-0.2, -0.15) is 15.0 Å². The van der Waals surface area contributed by atoms with Gasteiger partial charge in [0.25, 0.3) is 0 Å². The molecule has 0 spiro atoms. The predicted octanol–water partition coefficient (Wildman–Crippen LogP) is 11.7. The van der Waals surface area contributed by atoms with E-state index >= 15 is 0 Å². The fraction of sp³-hybridized carbons (Fsp3) is 0. The van der Waals surface area contributed by atoms with E-state index in [1.807, 2.05) is 30.3 Å². The molecule has 6 nitrogen and oxygen atoms in total. The van der Waals surface area contributed by atoms with Crippen LogP contribution in [0.1, 0.15) is 0 Å². The number of hydrogen-bond donors (Lipinski definition) is 0. The summed E-state index contributed by atoms with van der Waals surface area (Å²) in [5.41, 5.74) is 9.32. The first-order valence-corrected chi connectivity index (χ1v) is 18.4. The topological polar surface area (TPSA) is 61.4 Å². The maximum Gasteiger partial charge on any atom is 0.240 e. The van der Waals surface area contributed by atoms with E-state index in [0.717, 1.165) is 81.1 Å². The van der Waals surface area contributed by atoms with Crippen LogP contribution in [0.5, 0.6) is 0 Å². The molecule has 0 aliphatic rings. The first kappa shape index (κ1) is 29.7. The number of para-hydroxylation sites is 3. The highest BCUT2D eigenvalue weighted by Gasteiger charge is 2.22. The SMILES string of the molecule is c1ccc(-c2ccc3c4ccccc4n(-c4nc(-c5cccc6nc(-c7ccccc7)sc56)nc(-n5c6ccccc6c6ccccc65)n4)c3c2)cc1. The van der Waals surface area contributed by atoms with Gasteiger partial charge >= 0.3 is 0 Å². The zero-order valence-electron chi connectivity index (χ0n) is 28.3. The molecule has 0 bridgehead atoms. The summed E-state index contributed by atoms with van der Waals surface area (Å²) in [4.78, 5) is 21.1. The summed E-state index contributed by atoms with van der Waals surface area (Å²) in [5, 5.41) is 5.53. The molecular weight excluding hydrogens is 669 g/mol. The second-order valence-corrected chi connectivity index (χ2v) is 14.1. The van der Waals surface area contributed by atoms with Gasteiger partial charge in [-0.15, -0.1) is 11.3 Å². The molecule has 0 saturated carbocycles. The smallest absolute Gasteiger partial charge is 0.240 e. The van der Waals surface area contributed by atoms with Gasteiger partial charge in [0.1, 0.15) is 5.01 Å². The van der Waals surface area contributed by atoms with Crippen molar-refractivity contribution >= 4 is 65.2 Å². The van der Waals surface area contributed by atoms with Crippen LogP contribution in [0, 0.1) is 0 Å². The van der Waals surface area contributed by atoms with Crippen LogP contribution in [0.25, 0.3) is 98.8 Å². The molecule has 0 unspecified atom stereocenters. The number of fused-ring (bicyclic) bond motifs is 7. The third-order valence-corrected chi connectivity index (χ3v) is 11.2. The van der Waals surface area contributed by atoms with Crippen molar-refractivity contribution in [1.29, 1.82) is 0 Å². The number of thiazole rings is 1. The van der Waals surface area contributed by atoms with Gasteiger partial charge in [-0.05, 0) is 47.5 Å². The molecule has 0 amide bonds. The van der Waals surface area contributed by atoms with E-state index in [-0.39, 0.29) is 0 Å². The maximum absolute atomic E-state index is 5.37. The van der Waals surface area contributed by atoms with Gasteiger partial charge in [0.05, 0.1) is 32.3 Å². The Morgan fingerprint density at radius 2 is 0.906 bits per heavy atom. The van der Waals surface area contributed by atoms with Crippen molar-refractivity contribution in [3.63, 3.8) is 0 Å². The van der Waals surface area contributed by atoms with Crippen molar-refractivity contribution in [2.75, 3.05) is 0 Å². The van der Waals surface area contributed by atoms with Gasteiger partial charge < -0.3 is 0 Å². The van der Waals surface area contributed by atoms with Crippen molar-refractivity contribution < 1.29 is 0 Å². The summed E-state index contributed by atoms with van der Waals surface area (Å²) in [7, 11) is 0. The van der Waals surface area contributed by atoms with E-state index in [9.17, 15) is 0 Å². The average Bonchev–Trinajstić information content (AvgIpc) is 3.92. The van der Waals surface area contributed by atoms with E-state index < -0.39 is 0 Å². The minimum Gasteiger partial charge on any atom is -0.278 e. The Morgan fingerprint density at radius 1 is 0.377 bits per heavy atom. The quantitative estimate of drug-likeness (QED) is 0.180. The number of benzene rings is 7. The van der Waals surface area contributed by atoms with Crippen LogP contribution < -0.4 is 0 Å². The molecule has 0 N–H and O–H groups in total. The van der Waals surface area contributed by atoms with Crippen LogP contribution in [0.15, 0.2) is 170 Å². The van der Waals surface area contributed by atoms with E-state index in [1.54, 1.807) is 11.3 Å². The molecule has 11 aromatic rings. The largest absolute Gasteiger partial charge is 0.278 e. The first-order chi connectivity index (χ1) is 26.3. The molecule has 4 heterocycles. The Kier molecular flexibility index (Phi) is 6.62. The Morgan fingerprint density at radius 3 is 1.53 bits per heavy atom. The summed E-state index contributed by atoms with van der Waals surface area (Å²) < 4.78 is 5.40. The van der Waals surface area contributed by atoms with Gasteiger partial charge in [0.2, 0.25) is 11.9 Å². The van der Waals surface area contributed by atoms with Crippen LogP contribution in [0.2, 0.25) is 0 Å². The molecule has 53 heavy (non-hydrogen) atoms. The Labute approximate surface area is 307 Å². The van der Waals surface area contributed by atoms with Crippen LogP contribution in [0.4, 0.5) is 0 Å². The highest BCUT2D eigenvalue weighted by atomic mass is 32.1. The minimum atomic E-state index is 0.549. The van der Waals surface area contributed by atoms with Gasteiger partial charge in [-0.3, -0.25) is 9.13 Å². The summed E-state index contributed by atoms with van der Waals surface area (Å²) in [5.74, 6) is 1.69. The van der Waals surface area contributed by atoms with E-state index in [4.69, 9.17) is 19.9 Å². The third-order valence-electron chi connectivity index (χ3n) is 10.0. The first-order valence-electron chi connectivity index (χ1n) is 17.6. The lowest BCUT2D eigenvalue weighted by Gasteiger charge is -2.13. The van der Waals surface area contributed by atoms with Crippen molar-refractivity contribution in [2.24, 2.45) is 0 Å². The molecule has 4 aromatic heterocycles. The molecule has 7 heteroatoms. The number of hydrogen-bond acceptors (Lipinski definition) is 5. The van der Waals surface area contributed by atoms with E-state index in [1.165, 1.54) is 0 Å². The molecule has 7 aromatic carbocycles. The summed E-state index contributed by atoms with van der Waals surface area (Å²) in [6.07, 6.45) is 0. The number of nitrogens with zero attached hydrogens (tertiary/aromatic N) is 6. The number of rotatable bonds is 5. The summed E-state index contributed by atoms with van der Waals surface area (Å²) in [6.45, 7) is 0. The molecule has 0 saturated heterocycles. The van der Waals surface area contributed by atoms with E-state index in [2.05, 4.69) is 149 Å². The van der Waals surface area contributed by atoms with Gasteiger partial charge in [-0.25, -0.2) is 4.98 Å². The molecule has 248 valence electrons. The van der Waals surface area contributed by atoms with Crippen molar-refractivity contribution in [2.45, 2.75) is 0 Å². The Hall–Kier alpha value is -6.96. The lowest BCUT2D eigenvalue weighted by atomic mass is 10.0. The zero-order chi connectivity index (χ0) is 34.9. The highest BCUT2D eigenvalue weighted by molar-refractivity contribution is 7.22. The molecule has 0 aliphatic heterocycles. The average molecular weight is 697 g/mol. The van der Waals surface area contributed by atoms with Crippen molar-refractivity contribution in [3.8, 4) is 45.0 Å². The fourth-order valence-corrected chi connectivity index (χ4v) is 8.72. The molecule has 0 radical (unpaired) electrons. The van der Waals surface area contributed by atoms with E-state index in [0.29, 0.717) is 17.7 Å². The lowest BCUT2D eigenvalue weighted by Crippen LogP contribution is -2.10. The normalized spacial score (nSPS) is 11.8. The van der Waals surface area contributed by atoms with Gasteiger partial charge in [-0.1, -0.05) is 133 Å². The van der Waals surface area contributed by atoms with Crippen LogP contribution in [-0.4, -0.2) is 29.1 Å². The molecular formula is C46H28N6S. The maximum atomic E-state index is 5.37. The summed E-state index contributed by atoms with van der Waals surface area (Å²) in [6, 6.07) is 59.1. The monoisotopic (exact) mass is 696 g/mol. The van der Waals surface area contributed by atoms with Crippen molar-refractivity contribution in [1.82, 2.24) is 29.1 Å². The predicted molar refractivity (Wildman–Crippen MR) is 218 cm³/mol. The number of aromatic nitrogens is 6. The zero-order valence-corrected chi connectivity index (χ0v) is 29.1. The highest BCUT2D eigenvalue weighted by Crippen LogP contribution is 2.39. The van der Waals surface area contributed by atoms with Gasteiger partial charge in [0, 0.05) is 32.7 Å². The molecule has 11 rings (SSSR count). The third kappa shape index (κ3) is 4.71. The van der Waals surface area contributed by atoms with Crippen LogP contribution >= 0.6 is 11.3 Å². The standard InChI is InChI=1S/C46H28N6S/c1-3-14-29(15-4-1)31-26-27-35-34-20-9-12-25-40(34)52(41(35)28-31)46-49-43(36-21-13-22-37-42(36)53-44(47-37)30-16-5-2-6-17-30)48-45(50-46)51-38-23-10-7-18-32(38)33-19-8-11-24-39(33)51/h1-28H. The lowest BCUT2D eigenvalue weighted by molar-refractivity contribution is 0.893. The summed E-state index contributed by atoms with van der Waals surface area (Å²) >= 11 is 1.66. The molecule has 0 aliphatic carbocycles. The second kappa shape index (κ2) is 11.8. The minimum absolute atomic E-state index is 0.549. The Bertz CT molecular complexity index is 3120. The van der Waals surface area contributed by atoms with Gasteiger partial charge in [0.15, 0.2) is 5.82 Å². The van der Waals surface area contributed by atoms with Crippen LogP contribution in [0.3, 0.4) is 0 Å². The molecule has 0 atom stereocenters. The second-order valence-electron chi connectivity index (χ2n) is 13.1. The Balaban J connectivity index is 1.24. The fourth-order valence-electron chi connectivity index (χ4n) is 7.64. The van der Waals surface area contributed by atoms with Crippen molar-refractivity contribution in [3.05, 3.63) is 170 Å². The molecule has 0 fully saturated rings. The van der Waals surface area contributed by atoms with Crippen LogP contribution in [-0.2, 0) is 0 Å².